The van der Waals surface area contributed by atoms with Crippen molar-refractivity contribution in [3.8, 4) is 11.5 Å². The molecule has 5 nitrogen and oxygen atoms in total. The number of benzene rings is 2. The van der Waals surface area contributed by atoms with E-state index in [-0.39, 0.29) is 5.91 Å². The van der Waals surface area contributed by atoms with Crippen molar-refractivity contribution < 1.29 is 14.3 Å². The minimum Gasteiger partial charge on any atom is -0.497 e. The molecule has 0 aliphatic rings. The predicted octanol–water partition coefficient (Wildman–Crippen LogP) is 4.01. The summed E-state index contributed by atoms with van der Waals surface area (Å²) in [5, 5.41) is 4.89. The lowest BCUT2D eigenvalue weighted by Gasteiger charge is -2.09. The first-order valence-electron chi connectivity index (χ1n) is 9.07. The standard InChI is InChI=1S/C22H24N2O3S/c1-15-12-22(24-20-13-18(27-3)8-9-19(15)20)28-14-21(25)23-11-10-16-4-6-17(26-2)7-5-16/h4-9,12-13H,10-11,14H2,1-3H3,(H,23,25). The molecule has 0 fully saturated rings. The quantitative estimate of drug-likeness (QED) is 0.583. The van der Waals surface area contributed by atoms with E-state index in [9.17, 15) is 4.79 Å². The Labute approximate surface area is 169 Å². The summed E-state index contributed by atoms with van der Waals surface area (Å²) in [6.07, 6.45) is 0.785. The fraction of sp³-hybridized carbons (Fsp3) is 0.273. The van der Waals surface area contributed by atoms with Crippen LogP contribution >= 0.6 is 11.8 Å². The van der Waals surface area contributed by atoms with E-state index in [0.717, 1.165) is 45.0 Å². The molecule has 0 spiro atoms. The molecule has 0 aliphatic heterocycles. The van der Waals surface area contributed by atoms with E-state index in [1.165, 1.54) is 11.8 Å². The van der Waals surface area contributed by atoms with Crippen LogP contribution in [0.4, 0.5) is 0 Å². The second kappa shape index (κ2) is 9.46. The van der Waals surface area contributed by atoms with Crippen LogP contribution in [0.15, 0.2) is 53.6 Å². The summed E-state index contributed by atoms with van der Waals surface area (Å²) in [4.78, 5) is 16.8. The number of aromatic nitrogens is 1. The van der Waals surface area contributed by atoms with Gasteiger partial charge in [0.1, 0.15) is 11.5 Å². The first kappa shape index (κ1) is 20.0. The summed E-state index contributed by atoms with van der Waals surface area (Å²) in [6, 6.07) is 15.7. The van der Waals surface area contributed by atoms with Gasteiger partial charge in [-0.05, 0) is 54.8 Å². The molecule has 0 bridgehead atoms. The number of pyridine rings is 1. The lowest BCUT2D eigenvalue weighted by atomic mass is 10.1. The molecule has 3 aromatic rings. The monoisotopic (exact) mass is 396 g/mol. The molecule has 0 saturated carbocycles. The fourth-order valence-corrected chi connectivity index (χ4v) is 3.69. The molecular formula is C22H24N2O3S. The normalized spacial score (nSPS) is 10.7. The van der Waals surface area contributed by atoms with Gasteiger partial charge in [0.25, 0.3) is 0 Å². The number of carbonyl (C=O) groups excluding carboxylic acids is 1. The van der Waals surface area contributed by atoms with Gasteiger partial charge in [-0.15, -0.1) is 0 Å². The van der Waals surface area contributed by atoms with E-state index in [4.69, 9.17) is 9.47 Å². The number of carbonyl (C=O) groups is 1. The summed E-state index contributed by atoms with van der Waals surface area (Å²) in [7, 11) is 3.29. The minimum atomic E-state index is 0.00343. The van der Waals surface area contributed by atoms with Crippen LogP contribution in [0.2, 0.25) is 0 Å². The largest absolute Gasteiger partial charge is 0.497 e. The molecule has 0 unspecified atom stereocenters. The molecule has 1 amide bonds. The van der Waals surface area contributed by atoms with E-state index in [1.807, 2.05) is 48.5 Å². The highest BCUT2D eigenvalue weighted by Crippen LogP contribution is 2.26. The average Bonchev–Trinajstić information content (AvgIpc) is 2.72. The smallest absolute Gasteiger partial charge is 0.230 e. The van der Waals surface area contributed by atoms with E-state index in [0.29, 0.717) is 12.3 Å². The first-order chi connectivity index (χ1) is 13.6. The maximum Gasteiger partial charge on any atom is 0.230 e. The highest BCUT2D eigenvalue weighted by molar-refractivity contribution is 7.99. The van der Waals surface area contributed by atoms with Gasteiger partial charge in [-0.25, -0.2) is 4.98 Å². The number of hydrogen-bond acceptors (Lipinski definition) is 5. The molecule has 0 aliphatic carbocycles. The third-order valence-corrected chi connectivity index (χ3v) is 5.36. The van der Waals surface area contributed by atoms with E-state index >= 15 is 0 Å². The van der Waals surface area contributed by atoms with Gasteiger partial charge >= 0.3 is 0 Å². The number of nitrogens with zero attached hydrogens (tertiary/aromatic N) is 1. The van der Waals surface area contributed by atoms with Crippen LogP contribution in [0.1, 0.15) is 11.1 Å². The van der Waals surface area contributed by atoms with Crippen LogP contribution in [0.3, 0.4) is 0 Å². The lowest BCUT2D eigenvalue weighted by Crippen LogP contribution is -2.27. The molecule has 3 rings (SSSR count). The fourth-order valence-electron chi connectivity index (χ4n) is 2.88. The number of nitrogens with one attached hydrogen (secondary N) is 1. The molecule has 1 N–H and O–H groups in total. The maximum atomic E-state index is 12.2. The Hall–Kier alpha value is -2.73. The molecule has 0 saturated heterocycles. The molecule has 1 aromatic heterocycles. The van der Waals surface area contributed by atoms with Gasteiger partial charge < -0.3 is 14.8 Å². The molecule has 28 heavy (non-hydrogen) atoms. The number of ether oxygens (including phenoxy) is 2. The van der Waals surface area contributed by atoms with Crippen molar-refractivity contribution >= 4 is 28.6 Å². The summed E-state index contributed by atoms with van der Waals surface area (Å²) in [5.74, 6) is 1.95. The van der Waals surface area contributed by atoms with Gasteiger partial charge in [0.15, 0.2) is 0 Å². The Morgan fingerprint density at radius 3 is 2.46 bits per heavy atom. The maximum absolute atomic E-state index is 12.2. The summed E-state index contributed by atoms with van der Waals surface area (Å²) < 4.78 is 10.4. The number of methoxy groups -OCH3 is 2. The second-order valence-corrected chi connectivity index (χ2v) is 7.39. The third kappa shape index (κ3) is 5.16. The Morgan fingerprint density at radius 1 is 1.04 bits per heavy atom. The third-order valence-electron chi connectivity index (χ3n) is 4.45. The molecule has 6 heteroatoms. The Morgan fingerprint density at radius 2 is 1.75 bits per heavy atom. The Kier molecular flexibility index (Phi) is 6.76. The second-order valence-electron chi connectivity index (χ2n) is 6.40. The van der Waals surface area contributed by atoms with Gasteiger partial charge in [-0.3, -0.25) is 4.79 Å². The highest BCUT2D eigenvalue weighted by atomic mass is 32.2. The Bertz CT molecular complexity index is 958. The van der Waals surface area contributed by atoms with Gasteiger partial charge in [0, 0.05) is 18.0 Å². The van der Waals surface area contributed by atoms with Crippen LogP contribution < -0.4 is 14.8 Å². The van der Waals surface area contributed by atoms with Gasteiger partial charge in [0.05, 0.1) is 30.5 Å². The van der Waals surface area contributed by atoms with E-state index in [2.05, 4.69) is 17.2 Å². The summed E-state index contributed by atoms with van der Waals surface area (Å²) in [5.41, 5.74) is 3.17. The molecule has 146 valence electrons. The molecule has 1 heterocycles. The Balaban J connectivity index is 1.52. The number of fused-ring (bicyclic) bond motifs is 1. The van der Waals surface area contributed by atoms with Crippen molar-refractivity contribution in [2.75, 3.05) is 26.5 Å². The van der Waals surface area contributed by atoms with E-state index in [1.54, 1.807) is 14.2 Å². The molecular weight excluding hydrogens is 372 g/mol. The van der Waals surface area contributed by atoms with Gasteiger partial charge in [-0.2, -0.15) is 0 Å². The summed E-state index contributed by atoms with van der Waals surface area (Å²) >= 11 is 1.44. The molecule has 2 aromatic carbocycles. The number of rotatable bonds is 8. The number of amides is 1. The number of thioether (sulfide) groups is 1. The lowest BCUT2D eigenvalue weighted by molar-refractivity contribution is -0.118. The summed E-state index contributed by atoms with van der Waals surface area (Å²) in [6.45, 7) is 2.66. The van der Waals surface area contributed by atoms with Crippen LogP contribution in [0, 0.1) is 6.92 Å². The number of hydrogen-bond donors (Lipinski definition) is 1. The van der Waals surface area contributed by atoms with Crippen molar-refractivity contribution in [3.63, 3.8) is 0 Å². The zero-order valence-corrected chi connectivity index (χ0v) is 17.1. The van der Waals surface area contributed by atoms with Crippen molar-refractivity contribution in [1.82, 2.24) is 10.3 Å². The SMILES string of the molecule is COc1ccc(CCNC(=O)CSc2cc(C)c3ccc(OC)cc3n2)cc1. The minimum absolute atomic E-state index is 0.00343. The highest BCUT2D eigenvalue weighted by Gasteiger charge is 2.08. The van der Waals surface area contributed by atoms with Crippen molar-refractivity contribution in [1.29, 1.82) is 0 Å². The van der Waals surface area contributed by atoms with Crippen LogP contribution in [-0.4, -0.2) is 37.4 Å². The zero-order chi connectivity index (χ0) is 19.9. The molecule has 0 radical (unpaired) electrons. The first-order valence-corrected chi connectivity index (χ1v) is 10.1. The predicted molar refractivity (Wildman–Crippen MR) is 113 cm³/mol. The van der Waals surface area contributed by atoms with Crippen LogP contribution in [-0.2, 0) is 11.2 Å². The van der Waals surface area contributed by atoms with Crippen molar-refractivity contribution in [2.45, 2.75) is 18.4 Å². The van der Waals surface area contributed by atoms with Crippen molar-refractivity contribution in [2.24, 2.45) is 0 Å². The van der Waals surface area contributed by atoms with Gasteiger partial charge in [-0.1, -0.05) is 23.9 Å². The van der Waals surface area contributed by atoms with E-state index < -0.39 is 0 Å². The van der Waals surface area contributed by atoms with Crippen LogP contribution in [0.25, 0.3) is 10.9 Å². The topological polar surface area (TPSA) is 60.5 Å². The van der Waals surface area contributed by atoms with Crippen LogP contribution in [0.5, 0.6) is 11.5 Å². The zero-order valence-electron chi connectivity index (χ0n) is 16.3. The average molecular weight is 397 g/mol. The number of aryl methyl sites for hydroxylation is 1. The van der Waals surface area contributed by atoms with Crippen molar-refractivity contribution in [3.05, 3.63) is 59.7 Å². The molecule has 0 atom stereocenters. The van der Waals surface area contributed by atoms with Gasteiger partial charge in [0.2, 0.25) is 5.91 Å².